The highest BCUT2D eigenvalue weighted by Crippen LogP contribution is 2.39. The molecule has 32 heavy (non-hydrogen) atoms. The van der Waals surface area contributed by atoms with Crippen molar-refractivity contribution in [3.8, 4) is 11.5 Å². The van der Waals surface area contributed by atoms with E-state index in [0.29, 0.717) is 54.9 Å². The van der Waals surface area contributed by atoms with Crippen LogP contribution in [-0.2, 0) is 14.8 Å². The molecule has 0 spiro atoms. The third kappa shape index (κ3) is 6.27. The Morgan fingerprint density at radius 3 is 2.25 bits per heavy atom. The molecular weight excluding hydrogens is 434 g/mol. The van der Waals surface area contributed by atoms with E-state index in [1.165, 1.54) is 12.1 Å². The van der Waals surface area contributed by atoms with Gasteiger partial charge in [-0.25, -0.2) is 8.42 Å². The standard InChI is InChI=1S/C22H29N3O6S/c1-4-30-20-15-19(25-10-12-29-13-11-25)21(31-5-2)14-18(20)23-22(26)16-6-8-17(9-7-16)24-32(3,27)28/h6-9,14-15,24H,4-5,10-13H2,1-3H3,(H,23,26). The molecule has 1 aliphatic heterocycles. The normalized spacial score (nSPS) is 14.0. The fourth-order valence-corrected chi connectivity index (χ4v) is 3.91. The van der Waals surface area contributed by atoms with Gasteiger partial charge in [-0.3, -0.25) is 9.52 Å². The lowest BCUT2D eigenvalue weighted by atomic mass is 10.1. The van der Waals surface area contributed by atoms with E-state index in [1.807, 2.05) is 19.9 Å². The third-order valence-electron chi connectivity index (χ3n) is 4.71. The Bertz CT molecular complexity index is 1030. The number of benzene rings is 2. The number of amides is 1. The summed E-state index contributed by atoms with van der Waals surface area (Å²) < 4.78 is 42.2. The van der Waals surface area contributed by atoms with Crippen LogP contribution in [0.3, 0.4) is 0 Å². The van der Waals surface area contributed by atoms with Gasteiger partial charge in [0.15, 0.2) is 0 Å². The molecule has 2 aromatic rings. The molecule has 1 aliphatic rings. The van der Waals surface area contributed by atoms with Crippen LogP contribution in [0.2, 0.25) is 0 Å². The second kappa shape index (κ2) is 10.6. The minimum absolute atomic E-state index is 0.349. The van der Waals surface area contributed by atoms with Crippen LogP contribution in [0.5, 0.6) is 11.5 Å². The highest BCUT2D eigenvalue weighted by molar-refractivity contribution is 7.92. The largest absolute Gasteiger partial charge is 0.492 e. The van der Waals surface area contributed by atoms with Gasteiger partial charge >= 0.3 is 0 Å². The Morgan fingerprint density at radius 2 is 1.66 bits per heavy atom. The molecule has 0 unspecified atom stereocenters. The second-order valence-corrected chi connectivity index (χ2v) is 8.94. The van der Waals surface area contributed by atoms with Crippen LogP contribution in [-0.4, -0.2) is 60.1 Å². The summed E-state index contributed by atoms with van der Waals surface area (Å²) in [4.78, 5) is 15.0. The lowest BCUT2D eigenvalue weighted by molar-refractivity contribution is 0.102. The van der Waals surface area contributed by atoms with Gasteiger partial charge in [-0.05, 0) is 38.1 Å². The number of carbonyl (C=O) groups is 1. The van der Waals surface area contributed by atoms with E-state index in [4.69, 9.17) is 14.2 Å². The molecule has 1 amide bonds. The number of nitrogens with one attached hydrogen (secondary N) is 2. The van der Waals surface area contributed by atoms with E-state index < -0.39 is 10.0 Å². The number of ether oxygens (including phenoxy) is 3. The zero-order valence-electron chi connectivity index (χ0n) is 18.5. The minimum atomic E-state index is -3.39. The van der Waals surface area contributed by atoms with Crippen molar-refractivity contribution in [2.75, 3.05) is 60.7 Å². The van der Waals surface area contributed by atoms with Crippen molar-refractivity contribution >= 4 is 33.0 Å². The van der Waals surface area contributed by atoms with E-state index in [-0.39, 0.29) is 5.91 Å². The summed E-state index contributed by atoms with van der Waals surface area (Å²) in [7, 11) is -3.39. The van der Waals surface area contributed by atoms with Gasteiger partial charge in [0.1, 0.15) is 11.5 Å². The molecule has 2 N–H and O–H groups in total. The molecule has 0 aliphatic carbocycles. The average molecular weight is 464 g/mol. The molecule has 9 nitrogen and oxygen atoms in total. The highest BCUT2D eigenvalue weighted by atomic mass is 32.2. The summed E-state index contributed by atoms with van der Waals surface area (Å²) in [6.07, 6.45) is 1.07. The van der Waals surface area contributed by atoms with E-state index in [2.05, 4.69) is 14.9 Å². The molecule has 3 rings (SSSR count). The number of anilines is 3. The van der Waals surface area contributed by atoms with Crippen molar-refractivity contribution in [1.29, 1.82) is 0 Å². The molecule has 0 saturated carbocycles. The first-order chi connectivity index (χ1) is 15.3. The monoisotopic (exact) mass is 463 g/mol. The van der Waals surface area contributed by atoms with Crippen molar-refractivity contribution < 1.29 is 27.4 Å². The summed E-state index contributed by atoms with van der Waals surface area (Å²) in [5.74, 6) is 0.848. The van der Waals surface area contributed by atoms with Gasteiger partial charge in [-0.15, -0.1) is 0 Å². The molecule has 0 aromatic heterocycles. The fourth-order valence-electron chi connectivity index (χ4n) is 3.34. The lowest BCUT2D eigenvalue weighted by Crippen LogP contribution is -2.36. The average Bonchev–Trinajstić information content (AvgIpc) is 2.75. The van der Waals surface area contributed by atoms with Crippen LogP contribution < -0.4 is 24.4 Å². The quantitative estimate of drug-likeness (QED) is 0.589. The van der Waals surface area contributed by atoms with Gasteiger partial charge in [0.25, 0.3) is 5.91 Å². The van der Waals surface area contributed by atoms with Crippen LogP contribution in [0.1, 0.15) is 24.2 Å². The topological polar surface area (TPSA) is 106 Å². The van der Waals surface area contributed by atoms with Gasteiger partial charge in [-0.2, -0.15) is 0 Å². The molecule has 0 atom stereocenters. The van der Waals surface area contributed by atoms with Gasteiger partial charge in [0.2, 0.25) is 10.0 Å². The molecule has 2 aromatic carbocycles. The summed E-state index contributed by atoms with van der Waals surface area (Å²) in [5, 5.41) is 2.88. The minimum Gasteiger partial charge on any atom is -0.492 e. The van der Waals surface area contributed by atoms with Gasteiger partial charge in [-0.1, -0.05) is 0 Å². The van der Waals surface area contributed by atoms with E-state index in [1.54, 1.807) is 18.2 Å². The van der Waals surface area contributed by atoms with Crippen molar-refractivity contribution in [3.63, 3.8) is 0 Å². The number of nitrogens with zero attached hydrogens (tertiary/aromatic N) is 1. The highest BCUT2D eigenvalue weighted by Gasteiger charge is 2.21. The number of morpholine rings is 1. The number of hydrogen-bond donors (Lipinski definition) is 2. The van der Waals surface area contributed by atoms with Crippen molar-refractivity contribution in [2.45, 2.75) is 13.8 Å². The Morgan fingerprint density at radius 1 is 1.03 bits per heavy atom. The summed E-state index contributed by atoms with van der Waals surface area (Å²) in [6, 6.07) is 9.83. The van der Waals surface area contributed by atoms with E-state index >= 15 is 0 Å². The Kier molecular flexibility index (Phi) is 7.81. The van der Waals surface area contributed by atoms with Gasteiger partial charge in [0, 0.05) is 36.5 Å². The maximum Gasteiger partial charge on any atom is 0.255 e. The van der Waals surface area contributed by atoms with E-state index in [0.717, 1.165) is 25.0 Å². The van der Waals surface area contributed by atoms with Crippen molar-refractivity contribution in [3.05, 3.63) is 42.0 Å². The molecular formula is C22H29N3O6S. The molecule has 1 fully saturated rings. The zero-order valence-corrected chi connectivity index (χ0v) is 19.3. The van der Waals surface area contributed by atoms with Crippen LogP contribution in [0, 0.1) is 0 Å². The SMILES string of the molecule is CCOc1cc(N2CCOCC2)c(OCC)cc1NC(=O)c1ccc(NS(C)(=O)=O)cc1. The zero-order chi connectivity index (χ0) is 23.1. The molecule has 1 saturated heterocycles. The third-order valence-corrected chi connectivity index (χ3v) is 5.32. The van der Waals surface area contributed by atoms with Crippen molar-refractivity contribution in [1.82, 2.24) is 0 Å². The molecule has 0 bridgehead atoms. The Balaban J connectivity index is 1.86. The Labute approximate surface area is 188 Å². The van der Waals surface area contributed by atoms with Crippen LogP contribution in [0.4, 0.5) is 17.1 Å². The van der Waals surface area contributed by atoms with Crippen LogP contribution in [0.25, 0.3) is 0 Å². The fraction of sp³-hybridized carbons (Fsp3) is 0.409. The first-order valence-corrected chi connectivity index (χ1v) is 12.4. The summed E-state index contributed by atoms with van der Waals surface area (Å²) in [6.45, 7) is 7.46. The van der Waals surface area contributed by atoms with E-state index in [9.17, 15) is 13.2 Å². The first-order valence-electron chi connectivity index (χ1n) is 10.5. The maximum absolute atomic E-state index is 12.8. The summed E-state index contributed by atoms with van der Waals surface area (Å²) in [5.41, 5.74) is 2.15. The molecule has 1 heterocycles. The van der Waals surface area contributed by atoms with Crippen LogP contribution >= 0.6 is 0 Å². The Hall–Kier alpha value is -2.98. The molecule has 174 valence electrons. The maximum atomic E-state index is 12.8. The molecule has 0 radical (unpaired) electrons. The lowest BCUT2D eigenvalue weighted by Gasteiger charge is -2.31. The second-order valence-electron chi connectivity index (χ2n) is 7.19. The predicted octanol–water partition coefficient (Wildman–Crippen LogP) is 2.94. The van der Waals surface area contributed by atoms with Gasteiger partial charge < -0.3 is 24.4 Å². The molecule has 10 heteroatoms. The predicted molar refractivity (Wildman–Crippen MR) is 125 cm³/mol. The summed E-state index contributed by atoms with van der Waals surface area (Å²) >= 11 is 0. The van der Waals surface area contributed by atoms with Gasteiger partial charge in [0.05, 0.1) is 44.1 Å². The number of rotatable bonds is 9. The number of hydrogen-bond acceptors (Lipinski definition) is 7. The number of carbonyl (C=O) groups excluding carboxylic acids is 1. The van der Waals surface area contributed by atoms with Crippen LogP contribution in [0.15, 0.2) is 36.4 Å². The smallest absolute Gasteiger partial charge is 0.255 e. The first kappa shape index (κ1) is 23.7. The van der Waals surface area contributed by atoms with Crippen molar-refractivity contribution in [2.24, 2.45) is 0 Å². The number of sulfonamides is 1.